The summed E-state index contributed by atoms with van der Waals surface area (Å²) in [5.74, 6) is 0.650. The summed E-state index contributed by atoms with van der Waals surface area (Å²) in [6.07, 6.45) is 4.38. The Kier molecular flexibility index (Phi) is 12.1. The van der Waals surface area contributed by atoms with E-state index in [0.717, 1.165) is 51.0 Å². The molecule has 36 heavy (non-hydrogen) atoms. The van der Waals surface area contributed by atoms with E-state index in [1.54, 1.807) is 0 Å². The molecule has 202 valence electrons. The summed E-state index contributed by atoms with van der Waals surface area (Å²) in [5.41, 5.74) is 0.970. The lowest BCUT2D eigenvalue weighted by molar-refractivity contribution is -0.00851. The number of piperidine rings is 1. The maximum atomic E-state index is 13.1. The van der Waals surface area contributed by atoms with Gasteiger partial charge in [0.15, 0.2) is 0 Å². The molecule has 3 amide bonds. The number of carbonyl (C=O) groups is 2. The molecular weight excluding hydrogens is 484 g/mol. The monoisotopic (exact) mass is 524 g/mol. The molecule has 1 aromatic rings. The Balaban J connectivity index is 1.56. The maximum absolute atomic E-state index is 13.1. The number of alkyl carbamates (subject to hydrolysis) is 1. The minimum atomic E-state index is -0.491. The molecule has 0 radical (unpaired) electrons. The number of amides is 3. The van der Waals surface area contributed by atoms with Gasteiger partial charge in [-0.15, -0.1) is 0 Å². The van der Waals surface area contributed by atoms with Crippen LogP contribution in [0.15, 0.2) is 24.3 Å². The number of ether oxygens (including phenoxy) is 3. The Labute approximate surface area is 219 Å². The van der Waals surface area contributed by atoms with Crippen LogP contribution >= 0.6 is 11.6 Å². The fraction of sp³-hybridized carbons (Fsp3) is 0.692. The summed E-state index contributed by atoms with van der Waals surface area (Å²) in [5, 5.41) is 9.76. The van der Waals surface area contributed by atoms with Crippen LogP contribution in [0.4, 0.5) is 9.59 Å². The molecule has 4 atom stereocenters. The van der Waals surface area contributed by atoms with Crippen LogP contribution in [-0.4, -0.2) is 83.2 Å². The molecule has 0 aromatic heterocycles. The molecule has 2 unspecified atom stereocenters. The van der Waals surface area contributed by atoms with Gasteiger partial charge < -0.3 is 35.1 Å². The first-order valence-corrected chi connectivity index (χ1v) is 13.3. The van der Waals surface area contributed by atoms with Crippen LogP contribution in [0.1, 0.15) is 43.8 Å². The standard InChI is InChI=1S/C26H41ClN4O5/c1-28-23(14-19-6-5-12-35-18-19)16-30-25(32)31-11-4-8-21(17-31)24(20-7-3-9-22(27)15-20)36-13-10-29-26(33)34-2/h3,7,9,15,19,21,23-24,28H,4-6,8,10-14,16-18H2,1-2H3,(H,29,33)(H,30,32)/t19-,21?,23-,24?/m1/s1. The lowest BCUT2D eigenvalue weighted by Gasteiger charge is -2.37. The van der Waals surface area contributed by atoms with Crippen molar-refractivity contribution in [3.8, 4) is 0 Å². The molecule has 0 bridgehead atoms. The highest BCUT2D eigenvalue weighted by atomic mass is 35.5. The summed E-state index contributed by atoms with van der Waals surface area (Å²) < 4.78 is 16.5. The maximum Gasteiger partial charge on any atom is 0.406 e. The van der Waals surface area contributed by atoms with Crippen molar-refractivity contribution in [1.82, 2.24) is 20.9 Å². The average molecular weight is 525 g/mol. The lowest BCUT2D eigenvalue weighted by atomic mass is 9.88. The van der Waals surface area contributed by atoms with Crippen molar-refractivity contribution in [2.45, 2.75) is 44.2 Å². The molecule has 10 heteroatoms. The van der Waals surface area contributed by atoms with Gasteiger partial charge in [0.1, 0.15) is 0 Å². The molecule has 9 nitrogen and oxygen atoms in total. The van der Waals surface area contributed by atoms with E-state index in [1.807, 2.05) is 36.2 Å². The number of methoxy groups -OCH3 is 1. The van der Waals surface area contributed by atoms with Crippen LogP contribution < -0.4 is 16.0 Å². The van der Waals surface area contributed by atoms with Gasteiger partial charge in [0.2, 0.25) is 0 Å². The van der Waals surface area contributed by atoms with Gasteiger partial charge in [-0.1, -0.05) is 23.7 Å². The fourth-order valence-electron chi connectivity index (χ4n) is 5.06. The SMILES string of the molecule is CN[C@@H](CNC(=O)N1CCCC(C(OCCNC(=O)OC)c2cccc(Cl)c2)C1)C[C@H]1CCCOC1. The number of hydrogen-bond acceptors (Lipinski definition) is 6. The number of nitrogens with zero attached hydrogens (tertiary/aromatic N) is 1. The molecule has 2 aliphatic heterocycles. The molecule has 2 saturated heterocycles. The number of nitrogens with one attached hydrogen (secondary N) is 3. The van der Waals surface area contributed by atoms with Crippen LogP contribution in [0.3, 0.4) is 0 Å². The first-order chi connectivity index (χ1) is 17.5. The van der Waals surface area contributed by atoms with E-state index in [0.29, 0.717) is 37.2 Å². The fourth-order valence-corrected chi connectivity index (χ4v) is 5.26. The first kappa shape index (κ1) is 28.5. The van der Waals surface area contributed by atoms with Crippen molar-refractivity contribution >= 4 is 23.7 Å². The second-order valence-electron chi connectivity index (χ2n) is 9.60. The molecule has 2 fully saturated rings. The summed E-state index contributed by atoms with van der Waals surface area (Å²) >= 11 is 6.27. The minimum Gasteiger partial charge on any atom is -0.453 e. The molecule has 2 heterocycles. The van der Waals surface area contributed by atoms with Gasteiger partial charge in [0.25, 0.3) is 0 Å². The summed E-state index contributed by atoms with van der Waals surface area (Å²) in [4.78, 5) is 26.3. The minimum absolute atomic E-state index is 0.0444. The predicted octanol–water partition coefficient (Wildman–Crippen LogP) is 3.58. The zero-order valence-electron chi connectivity index (χ0n) is 21.5. The van der Waals surface area contributed by atoms with Crippen LogP contribution in [0.2, 0.25) is 5.02 Å². The molecule has 0 saturated carbocycles. The second-order valence-corrected chi connectivity index (χ2v) is 10.0. The number of halogens is 1. The molecule has 2 aliphatic rings. The number of carbonyl (C=O) groups excluding carboxylic acids is 2. The molecule has 1 aromatic carbocycles. The Morgan fingerprint density at radius 2 is 2.11 bits per heavy atom. The van der Waals surface area contributed by atoms with Gasteiger partial charge in [-0.05, 0) is 62.8 Å². The summed E-state index contributed by atoms with van der Waals surface area (Å²) in [6.45, 7) is 4.21. The zero-order valence-corrected chi connectivity index (χ0v) is 22.2. The Morgan fingerprint density at radius 3 is 2.83 bits per heavy atom. The van der Waals surface area contributed by atoms with Crippen molar-refractivity contribution in [3.63, 3.8) is 0 Å². The highest BCUT2D eigenvalue weighted by molar-refractivity contribution is 6.30. The topological polar surface area (TPSA) is 101 Å². The quantitative estimate of drug-likeness (QED) is 0.382. The largest absolute Gasteiger partial charge is 0.453 e. The van der Waals surface area contributed by atoms with Gasteiger partial charge in [-0.3, -0.25) is 0 Å². The smallest absolute Gasteiger partial charge is 0.406 e. The molecule has 3 rings (SSSR count). The second kappa shape index (κ2) is 15.2. The number of urea groups is 1. The summed E-state index contributed by atoms with van der Waals surface area (Å²) in [7, 11) is 3.27. The molecule has 0 spiro atoms. The molecule has 3 N–H and O–H groups in total. The Bertz CT molecular complexity index is 823. The normalized spacial score (nSPS) is 21.9. The van der Waals surface area contributed by atoms with Crippen LogP contribution in [0.5, 0.6) is 0 Å². The van der Waals surface area contributed by atoms with Crippen molar-refractivity contribution in [2.24, 2.45) is 11.8 Å². The lowest BCUT2D eigenvalue weighted by Crippen LogP contribution is -2.50. The van der Waals surface area contributed by atoms with Gasteiger partial charge in [0.05, 0.1) is 19.8 Å². The van der Waals surface area contributed by atoms with E-state index in [9.17, 15) is 9.59 Å². The third kappa shape index (κ3) is 9.10. The number of likely N-dealkylation sites (tertiary alicyclic amines) is 1. The van der Waals surface area contributed by atoms with E-state index in [4.69, 9.17) is 21.1 Å². The summed E-state index contributed by atoms with van der Waals surface area (Å²) in [6, 6.07) is 7.81. The number of benzene rings is 1. The van der Waals surface area contributed by atoms with Gasteiger partial charge in [-0.25, -0.2) is 9.59 Å². The van der Waals surface area contributed by atoms with E-state index >= 15 is 0 Å². The number of rotatable bonds is 11. The number of likely N-dealkylation sites (N-methyl/N-ethyl adjacent to an activating group) is 1. The van der Waals surface area contributed by atoms with E-state index in [1.165, 1.54) is 13.5 Å². The molecular formula is C26H41ClN4O5. The van der Waals surface area contributed by atoms with Crippen molar-refractivity contribution in [2.75, 3.05) is 60.2 Å². The van der Waals surface area contributed by atoms with Gasteiger partial charge >= 0.3 is 12.1 Å². The number of hydrogen-bond donors (Lipinski definition) is 3. The van der Waals surface area contributed by atoms with Gasteiger partial charge in [-0.2, -0.15) is 0 Å². The van der Waals surface area contributed by atoms with Crippen molar-refractivity contribution in [1.29, 1.82) is 0 Å². The van der Waals surface area contributed by atoms with E-state index in [-0.39, 0.29) is 24.1 Å². The average Bonchev–Trinajstić information content (AvgIpc) is 2.91. The highest BCUT2D eigenvalue weighted by Gasteiger charge is 2.31. The highest BCUT2D eigenvalue weighted by Crippen LogP contribution is 2.34. The van der Waals surface area contributed by atoms with Crippen LogP contribution in [0, 0.1) is 11.8 Å². The van der Waals surface area contributed by atoms with Crippen molar-refractivity contribution < 1.29 is 23.8 Å². The Hall–Kier alpha value is -2.07. The van der Waals surface area contributed by atoms with E-state index < -0.39 is 6.09 Å². The third-order valence-corrected chi connectivity index (χ3v) is 7.22. The third-order valence-electron chi connectivity index (χ3n) is 6.99. The van der Waals surface area contributed by atoms with Gasteiger partial charge in [0, 0.05) is 56.4 Å². The predicted molar refractivity (Wildman–Crippen MR) is 139 cm³/mol. The van der Waals surface area contributed by atoms with E-state index in [2.05, 4.69) is 20.7 Å². The Morgan fingerprint density at radius 1 is 1.25 bits per heavy atom. The zero-order chi connectivity index (χ0) is 25.8. The first-order valence-electron chi connectivity index (χ1n) is 13.0. The molecule has 0 aliphatic carbocycles. The van der Waals surface area contributed by atoms with Crippen LogP contribution in [0.25, 0.3) is 0 Å². The van der Waals surface area contributed by atoms with Crippen molar-refractivity contribution in [3.05, 3.63) is 34.9 Å². The van der Waals surface area contributed by atoms with Crippen LogP contribution in [-0.2, 0) is 14.2 Å².